The molecule has 0 aliphatic carbocycles. The molecule has 0 spiro atoms. The molecule has 5 atom stereocenters. The van der Waals surface area contributed by atoms with Gasteiger partial charge in [-0.1, -0.05) is 55.2 Å². The highest BCUT2D eigenvalue weighted by Gasteiger charge is 2.39. The predicted molar refractivity (Wildman–Crippen MR) is 195 cm³/mol. The van der Waals surface area contributed by atoms with E-state index in [1.807, 2.05) is 19.4 Å². The molecule has 2 unspecified atom stereocenters. The lowest BCUT2D eigenvalue weighted by atomic mass is 9.71. The van der Waals surface area contributed by atoms with Gasteiger partial charge in [0.15, 0.2) is 5.44 Å². The van der Waals surface area contributed by atoms with Gasteiger partial charge in [-0.25, -0.2) is 0 Å². The first kappa shape index (κ1) is 42.4. The molecule has 5 N–H and O–H groups in total. The zero-order chi connectivity index (χ0) is 35.1. The molecule has 0 aromatic heterocycles. The number of hydrogen-bond acceptors (Lipinski definition) is 14. The maximum atomic E-state index is 12.7. The minimum Gasteiger partial charge on any atom is -0.490 e. The van der Waals surface area contributed by atoms with Crippen LogP contribution in [0.5, 0.6) is 5.75 Å². The Bertz CT molecular complexity index is 1180. The number of likely N-dealkylation sites (N-methyl/N-ethyl adjacent to an activating group) is 1. The number of aliphatic hydroxyl groups excluding tert-OH is 1. The van der Waals surface area contributed by atoms with E-state index >= 15 is 0 Å². The summed E-state index contributed by atoms with van der Waals surface area (Å²) in [7, 11) is 9.16. The van der Waals surface area contributed by atoms with Gasteiger partial charge in [-0.15, -0.1) is 0 Å². The number of ether oxygens (including phenoxy) is 5. The Balaban J connectivity index is 1.65. The molecule has 1 heterocycles. The molecule has 1 aromatic rings. The van der Waals surface area contributed by atoms with Crippen molar-refractivity contribution in [1.82, 2.24) is 15.5 Å². The molecule has 48 heavy (non-hydrogen) atoms. The molecule has 1 saturated heterocycles. The molecule has 1 fully saturated rings. The number of nitrogens with zero attached hydrogens (tertiary/aromatic N) is 1. The van der Waals surface area contributed by atoms with Crippen molar-refractivity contribution in [2.24, 2.45) is 5.73 Å². The van der Waals surface area contributed by atoms with Crippen LogP contribution in [0, 0.1) is 11.7 Å². The Morgan fingerprint density at radius 2 is 2.00 bits per heavy atom. The summed E-state index contributed by atoms with van der Waals surface area (Å²) in [6.07, 6.45) is 3.22. The summed E-state index contributed by atoms with van der Waals surface area (Å²) in [6.45, 7) is 3.66. The second kappa shape index (κ2) is 25.2. The molecule has 13 nitrogen and oxygen atoms in total. The van der Waals surface area contributed by atoms with Gasteiger partial charge < -0.3 is 50.1 Å². The first-order valence-corrected chi connectivity index (χ1v) is 20.5. The summed E-state index contributed by atoms with van der Waals surface area (Å²) in [5.41, 5.74) is 4.92. The highest BCUT2D eigenvalue weighted by molar-refractivity contribution is 8.77. The fourth-order valence-electron chi connectivity index (χ4n) is 4.05. The third-order valence-electron chi connectivity index (χ3n) is 6.57. The van der Waals surface area contributed by atoms with Gasteiger partial charge in [0.25, 0.3) is 19.1 Å². The Morgan fingerprint density at radius 1 is 1.21 bits per heavy atom. The highest BCUT2D eigenvalue weighted by Crippen LogP contribution is 2.31. The number of carbonyl (C=O) groups excluding carboxylic acids is 3. The smallest absolute Gasteiger partial charge is 0.262 e. The summed E-state index contributed by atoms with van der Waals surface area (Å²) in [4.78, 5) is 38.6. The quantitative estimate of drug-likeness (QED) is 0.0415. The highest BCUT2D eigenvalue weighted by atomic mass is 33.1. The van der Waals surface area contributed by atoms with Crippen molar-refractivity contribution in [2.45, 2.75) is 42.4 Å². The number of benzene rings is 1. The van der Waals surface area contributed by atoms with Crippen LogP contribution in [0.4, 0.5) is 0 Å². The van der Waals surface area contributed by atoms with Gasteiger partial charge in [-0.3, -0.25) is 14.4 Å². The standard InChI is InChI=1S/C30H46BN4O9S4/c1-5-35(2)29(39)30(48-46-4)44-23-17-25(43-24(23)18-36)31-10-7-12-33-26(37)19-40-14-15-41-27(47-45-3)20-42-22-9-6-8-21(16-22)28(38)34-13-11-32/h6,8-9,16,23-25,27,30,36H,5,11-15,17-20,32H2,1-4H3,(H,33,37)(H,34,38)/t23-,24?,25-,27?,30-/m1/s1. The van der Waals surface area contributed by atoms with Crippen LogP contribution in [-0.2, 0) is 28.5 Å². The van der Waals surface area contributed by atoms with Crippen molar-refractivity contribution in [3.8, 4) is 17.5 Å². The van der Waals surface area contributed by atoms with E-state index in [9.17, 15) is 19.5 Å². The van der Waals surface area contributed by atoms with Crippen molar-refractivity contribution in [3.63, 3.8) is 0 Å². The lowest BCUT2D eigenvalue weighted by Crippen LogP contribution is -2.40. The van der Waals surface area contributed by atoms with Gasteiger partial charge in [0.2, 0.25) is 5.91 Å². The summed E-state index contributed by atoms with van der Waals surface area (Å²) >= 11 is 0. The average molecular weight is 746 g/mol. The number of hydrogen-bond donors (Lipinski definition) is 4. The molecule has 1 aromatic carbocycles. The van der Waals surface area contributed by atoms with Gasteiger partial charge in [-0.05, 0) is 44.1 Å². The Labute approximate surface area is 300 Å². The van der Waals surface area contributed by atoms with E-state index in [1.54, 1.807) is 43.5 Å². The lowest BCUT2D eigenvalue weighted by Gasteiger charge is -2.26. The SMILES string of the molecule is CCN(C)C(=O)[C@H](O[C@@H]1C[C@H]([B]C#CCNC(=O)COCCOC(COc2cccc(C(=O)NCCN)c2)SSC)OC1CO)SSC. The van der Waals surface area contributed by atoms with Crippen LogP contribution < -0.4 is 21.1 Å². The normalized spacial score (nSPS) is 18.2. The van der Waals surface area contributed by atoms with Crippen molar-refractivity contribution in [1.29, 1.82) is 0 Å². The zero-order valence-corrected chi connectivity index (χ0v) is 31.0. The zero-order valence-electron chi connectivity index (χ0n) is 27.7. The van der Waals surface area contributed by atoms with E-state index in [-0.39, 0.29) is 68.7 Å². The molecule has 1 radical (unpaired) electrons. The second-order valence-electron chi connectivity index (χ2n) is 10.0. The Kier molecular flexibility index (Phi) is 22.3. The first-order valence-electron chi connectivity index (χ1n) is 15.3. The van der Waals surface area contributed by atoms with Gasteiger partial charge in [-0.2, -0.15) is 5.82 Å². The maximum absolute atomic E-state index is 12.7. The van der Waals surface area contributed by atoms with E-state index in [0.717, 1.165) is 0 Å². The fraction of sp³-hybridized carbons (Fsp3) is 0.633. The largest absolute Gasteiger partial charge is 0.490 e. The molecule has 0 saturated carbocycles. The van der Waals surface area contributed by atoms with Gasteiger partial charge in [0.1, 0.15) is 30.5 Å². The average Bonchev–Trinajstić information content (AvgIpc) is 3.49. The Hall–Kier alpha value is -1.79. The van der Waals surface area contributed by atoms with Crippen LogP contribution >= 0.6 is 43.2 Å². The third-order valence-corrected chi connectivity index (χ3v) is 10.3. The summed E-state index contributed by atoms with van der Waals surface area (Å²) < 4.78 is 29.0. The number of aliphatic hydroxyl groups is 1. The van der Waals surface area contributed by atoms with Crippen LogP contribution in [0.2, 0.25) is 0 Å². The molecule has 3 amide bonds. The molecule has 267 valence electrons. The minimum atomic E-state index is -0.705. The van der Waals surface area contributed by atoms with Crippen molar-refractivity contribution in [3.05, 3.63) is 29.8 Å². The lowest BCUT2D eigenvalue weighted by molar-refractivity contribution is -0.141. The van der Waals surface area contributed by atoms with Crippen molar-refractivity contribution >= 4 is 68.2 Å². The first-order chi connectivity index (χ1) is 23.3. The van der Waals surface area contributed by atoms with Crippen molar-refractivity contribution in [2.75, 3.05) is 78.8 Å². The van der Waals surface area contributed by atoms with Crippen LogP contribution in [0.3, 0.4) is 0 Å². The molecule has 18 heteroatoms. The summed E-state index contributed by atoms with van der Waals surface area (Å²) in [6, 6.07) is 6.50. The molecular weight excluding hydrogens is 699 g/mol. The second-order valence-corrected chi connectivity index (χ2v) is 15.2. The topological polar surface area (TPSA) is 171 Å². The monoisotopic (exact) mass is 745 g/mol. The van der Waals surface area contributed by atoms with E-state index < -0.39 is 17.6 Å². The minimum absolute atomic E-state index is 0.120. The molecular formula is C30H46BN4O9S4. The molecule has 0 bridgehead atoms. The van der Waals surface area contributed by atoms with Gasteiger partial charge >= 0.3 is 0 Å². The van der Waals surface area contributed by atoms with Crippen LogP contribution in [0.15, 0.2) is 24.3 Å². The number of nitrogens with one attached hydrogen (secondary N) is 2. The van der Waals surface area contributed by atoms with E-state index in [2.05, 4.69) is 22.4 Å². The predicted octanol–water partition coefficient (Wildman–Crippen LogP) is 1.21. The van der Waals surface area contributed by atoms with Crippen molar-refractivity contribution < 1.29 is 43.2 Å². The van der Waals surface area contributed by atoms with Crippen LogP contribution in [-0.4, -0.2) is 143 Å². The van der Waals surface area contributed by atoms with Crippen LogP contribution in [0.25, 0.3) is 0 Å². The number of carbonyl (C=O) groups is 3. The van der Waals surface area contributed by atoms with Gasteiger partial charge in [0.05, 0.1) is 32.5 Å². The van der Waals surface area contributed by atoms with E-state index in [4.69, 9.17) is 29.4 Å². The Morgan fingerprint density at radius 3 is 2.71 bits per heavy atom. The third kappa shape index (κ3) is 16.3. The molecule has 2 rings (SSSR count). The van der Waals surface area contributed by atoms with Gasteiger partial charge in [0, 0.05) is 38.2 Å². The van der Waals surface area contributed by atoms with E-state index in [0.29, 0.717) is 37.4 Å². The van der Waals surface area contributed by atoms with E-state index in [1.165, 1.54) is 43.2 Å². The number of amides is 3. The number of nitrogens with two attached hydrogens (primary N) is 1. The number of rotatable bonds is 23. The maximum Gasteiger partial charge on any atom is 0.262 e. The van der Waals surface area contributed by atoms with Crippen LogP contribution in [0.1, 0.15) is 23.7 Å². The fourth-order valence-corrected chi connectivity index (χ4v) is 7.05. The summed E-state index contributed by atoms with van der Waals surface area (Å²) in [5, 5.41) is 15.2. The molecule has 1 aliphatic rings. The molecule has 1 aliphatic heterocycles. The summed E-state index contributed by atoms with van der Waals surface area (Å²) in [5.74, 6) is 5.61.